The number of carboxylic acid groups (broad SMARTS) is 1. The molecule has 6 heteroatoms. The van der Waals surface area contributed by atoms with Gasteiger partial charge in [0.25, 0.3) is 0 Å². The number of para-hydroxylation sites is 1. The minimum Gasteiger partial charge on any atom is -0.508 e. The predicted molar refractivity (Wildman–Crippen MR) is 108 cm³/mol. The summed E-state index contributed by atoms with van der Waals surface area (Å²) in [5.41, 5.74) is 2.91. The van der Waals surface area contributed by atoms with Crippen LogP contribution in [0.2, 0.25) is 0 Å². The highest BCUT2D eigenvalue weighted by molar-refractivity contribution is 5.90. The number of phenolic OH excluding ortho intramolecular Hbond substituents is 3. The van der Waals surface area contributed by atoms with Crippen molar-refractivity contribution in [3.63, 3.8) is 0 Å². The number of rotatable bonds is 7. The zero-order chi connectivity index (χ0) is 21.0. The molecule has 0 saturated heterocycles. The first-order valence-corrected chi connectivity index (χ1v) is 9.20. The fourth-order valence-electron chi connectivity index (χ4n) is 3.32. The molecule has 0 aliphatic rings. The Hall–Kier alpha value is -3.67. The smallest absolute Gasteiger partial charge is 0.339 e. The molecule has 0 fully saturated rings. The summed E-state index contributed by atoms with van der Waals surface area (Å²) in [4.78, 5) is 11.0. The maximum Gasteiger partial charge on any atom is 0.339 e. The van der Waals surface area contributed by atoms with Crippen LogP contribution in [-0.2, 0) is 25.7 Å². The minimum absolute atomic E-state index is 0.00450. The zero-order valence-electron chi connectivity index (χ0n) is 15.7. The Labute approximate surface area is 168 Å². The van der Waals surface area contributed by atoms with Crippen molar-refractivity contribution in [2.24, 2.45) is 0 Å². The van der Waals surface area contributed by atoms with Crippen LogP contribution in [-0.4, -0.2) is 31.5 Å². The molecule has 0 aromatic heterocycles. The van der Waals surface area contributed by atoms with Crippen LogP contribution in [0, 0.1) is 0 Å². The molecule has 0 radical (unpaired) electrons. The van der Waals surface area contributed by atoms with Gasteiger partial charge in [-0.15, -0.1) is 0 Å². The zero-order valence-corrected chi connectivity index (χ0v) is 15.7. The van der Waals surface area contributed by atoms with E-state index in [0.29, 0.717) is 25.7 Å². The summed E-state index contributed by atoms with van der Waals surface area (Å²) >= 11 is 0. The lowest BCUT2D eigenvalue weighted by Crippen LogP contribution is -1.99. The van der Waals surface area contributed by atoms with Crippen LogP contribution in [0.15, 0.2) is 54.6 Å². The van der Waals surface area contributed by atoms with Gasteiger partial charge in [-0.1, -0.05) is 24.3 Å². The quantitative estimate of drug-likeness (QED) is 0.416. The van der Waals surface area contributed by atoms with E-state index in [2.05, 4.69) is 0 Å². The molecule has 3 aromatic carbocycles. The molecule has 0 bridgehead atoms. The lowest BCUT2D eigenvalue weighted by molar-refractivity contribution is 0.0693. The molecule has 150 valence electrons. The summed E-state index contributed by atoms with van der Waals surface area (Å²) in [5, 5.41) is 48.5. The molecule has 0 atom stereocenters. The highest BCUT2D eigenvalue weighted by Crippen LogP contribution is 2.28. The highest BCUT2D eigenvalue weighted by atomic mass is 16.4. The Bertz CT molecular complexity index is 1020. The Morgan fingerprint density at radius 3 is 1.83 bits per heavy atom. The third-order valence-corrected chi connectivity index (χ3v) is 4.82. The van der Waals surface area contributed by atoms with Gasteiger partial charge < -0.3 is 25.5 Å². The number of carboxylic acids is 1. The normalized spacial score (nSPS) is 10.8. The molecule has 0 aliphatic carbocycles. The van der Waals surface area contributed by atoms with Crippen molar-refractivity contribution >= 4 is 5.97 Å². The molecule has 3 rings (SSSR count). The number of hydrogen-bond acceptors (Lipinski definition) is 5. The van der Waals surface area contributed by atoms with Crippen LogP contribution >= 0.6 is 0 Å². The molecular weight excluding hydrogens is 372 g/mol. The van der Waals surface area contributed by atoms with Gasteiger partial charge in [-0.2, -0.15) is 0 Å². The summed E-state index contributed by atoms with van der Waals surface area (Å²) in [5.74, 6) is -1.27. The number of aryl methyl sites for hydroxylation is 4. The van der Waals surface area contributed by atoms with Crippen molar-refractivity contribution in [2.45, 2.75) is 25.7 Å². The van der Waals surface area contributed by atoms with E-state index in [4.69, 9.17) is 5.11 Å². The number of phenols is 4. The standard InChI is InChI=1S/C23H22O6/c24-18-10-15(11-19(25)13-18)5-8-17-3-1-2-16(22(17)27)7-4-14-6-9-20(23(28)29)21(26)12-14/h1-3,6,9-13,24-27H,4-5,7-8H2,(H,28,29). The van der Waals surface area contributed by atoms with Crippen LogP contribution in [0.25, 0.3) is 0 Å². The maximum atomic E-state index is 11.0. The van der Waals surface area contributed by atoms with Crippen LogP contribution in [0.3, 0.4) is 0 Å². The number of aromatic carboxylic acids is 1. The topological polar surface area (TPSA) is 118 Å². The van der Waals surface area contributed by atoms with E-state index in [1.807, 2.05) is 18.2 Å². The van der Waals surface area contributed by atoms with Crippen molar-refractivity contribution in [1.29, 1.82) is 0 Å². The van der Waals surface area contributed by atoms with Crippen LogP contribution in [0.4, 0.5) is 0 Å². The third-order valence-electron chi connectivity index (χ3n) is 4.82. The van der Waals surface area contributed by atoms with E-state index >= 15 is 0 Å². The number of hydrogen-bond donors (Lipinski definition) is 5. The van der Waals surface area contributed by atoms with Crippen molar-refractivity contribution in [2.75, 3.05) is 0 Å². The fourth-order valence-corrected chi connectivity index (χ4v) is 3.32. The largest absolute Gasteiger partial charge is 0.508 e. The average molecular weight is 394 g/mol. The van der Waals surface area contributed by atoms with Gasteiger partial charge in [-0.05, 0) is 72.2 Å². The van der Waals surface area contributed by atoms with Crippen molar-refractivity contribution < 1.29 is 30.3 Å². The van der Waals surface area contributed by atoms with Gasteiger partial charge in [0.15, 0.2) is 0 Å². The maximum absolute atomic E-state index is 11.0. The van der Waals surface area contributed by atoms with Crippen LogP contribution < -0.4 is 0 Å². The molecule has 0 aliphatic heterocycles. The summed E-state index contributed by atoms with van der Waals surface area (Å²) in [7, 11) is 0. The predicted octanol–water partition coefficient (Wildman–Crippen LogP) is 3.78. The van der Waals surface area contributed by atoms with Gasteiger partial charge >= 0.3 is 5.97 Å². The van der Waals surface area contributed by atoms with Gasteiger partial charge in [0.2, 0.25) is 0 Å². The van der Waals surface area contributed by atoms with E-state index in [0.717, 1.165) is 22.3 Å². The third kappa shape index (κ3) is 4.99. The molecule has 0 amide bonds. The van der Waals surface area contributed by atoms with Crippen LogP contribution in [0.5, 0.6) is 23.0 Å². The summed E-state index contributed by atoms with van der Waals surface area (Å²) in [6, 6.07) is 14.4. The van der Waals surface area contributed by atoms with E-state index in [-0.39, 0.29) is 28.6 Å². The summed E-state index contributed by atoms with van der Waals surface area (Å²) < 4.78 is 0. The summed E-state index contributed by atoms with van der Waals surface area (Å²) in [6.07, 6.45) is 2.14. The van der Waals surface area contributed by atoms with Gasteiger partial charge in [0, 0.05) is 6.07 Å². The minimum atomic E-state index is -1.18. The Balaban J connectivity index is 1.68. The lowest BCUT2D eigenvalue weighted by Gasteiger charge is -2.11. The number of carbonyl (C=O) groups is 1. The van der Waals surface area contributed by atoms with E-state index in [9.17, 15) is 25.2 Å². The SMILES string of the molecule is O=C(O)c1ccc(CCc2cccc(CCc3cc(O)cc(O)c3)c2O)cc1O. The Morgan fingerprint density at radius 2 is 1.28 bits per heavy atom. The Kier molecular flexibility index (Phi) is 5.93. The molecule has 0 heterocycles. The second-order valence-electron chi connectivity index (χ2n) is 6.94. The van der Waals surface area contributed by atoms with Gasteiger partial charge in [0.05, 0.1) is 0 Å². The van der Waals surface area contributed by atoms with Crippen molar-refractivity contribution in [3.8, 4) is 23.0 Å². The Morgan fingerprint density at radius 1 is 0.690 bits per heavy atom. The molecule has 29 heavy (non-hydrogen) atoms. The molecule has 3 aromatic rings. The fraction of sp³-hybridized carbons (Fsp3) is 0.174. The average Bonchev–Trinajstić information content (AvgIpc) is 2.65. The number of benzene rings is 3. The van der Waals surface area contributed by atoms with Gasteiger partial charge in [0.1, 0.15) is 28.6 Å². The van der Waals surface area contributed by atoms with Gasteiger partial charge in [-0.25, -0.2) is 4.79 Å². The first kappa shape index (κ1) is 20.1. The molecule has 5 N–H and O–H groups in total. The van der Waals surface area contributed by atoms with Crippen molar-refractivity contribution in [1.82, 2.24) is 0 Å². The van der Waals surface area contributed by atoms with Gasteiger partial charge in [-0.3, -0.25) is 0 Å². The number of aromatic hydroxyl groups is 4. The first-order chi connectivity index (χ1) is 13.8. The monoisotopic (exact) mass is 394 g/mol. The van der Waals surface area contributed by atoms with Crippen LogP contribution in [0.1, 0.15) is 32.6 Å². The first-order valence-electron chi connectivity index (χ1n) is 9.20. The lowest BCUT2D eigenvalue weighted by atomic mass is 9.97. The van der Waals surface area contributed by atoms with E-state index < -0.39 is 5.97 Å². The molecule has 0 spiro atoms. The second-order valence-corrected chi connectivity index (χ2v) is 6.94. The van der Waals surface area contributed by atoms with E-state index in [1.54, 1.807) is 18.2 Å². The molecule has 6 nitrogen and oxygen atoms in total. The molecular formula is C23H22O6. The van der Waals surface area contributed by atoms with Crippen molar-refractivity contribution in [3.05, 3.63) is 82.4 Å². The molecule has 0 saturated carbocycles. The second kappa shape index (κ2) is 8.56. The molecule has 0 unspecified atom stereocenters. The summed E-state index contributed by atoms with van der Waals surface area (Å²) in [6.45, 7) is 0. The van der Waals surface area contributed by atoms with E-state index in [1.165, 1.54) is 18.2 Å². The highest BCUT2D eigenvalue weighted by Gasteiger charge is 2.11.